The Labute approximate surface area is 167 Å². The highest BCUT2D eigenvalue weighted by Gasteiger charge is 2.21. The standard InChI is InChI=1S/C21H32N4O3/c1-2-20(26)23-18-4-3-10-24(16-18)11-9-21(27)22-17-5-7-19(8-6-17)25-12-14-28-15-13-25/h5-8,18H,2-4,9-16H2,1H3,(H,22,27)(H,23,26). The summed E-state index contributed by atoms with van der Waals surface area (Å²) in [4.78, 5) is 28.5. The van der Waals surface area contributed by atoms with Crippen LogP contribution in [0.2, 0.25) is 0 Å². The van der Waals surface area contributed by atoms with Crippen molar-refractivity contribution >= 4 is 23.2 Å². The van der Waals surface area contributed by atoms with E-state index in [0.29, 0.717) is 12.8 Å². The molecule has 0 bridgehead atoms. The molecule has 7 heteroatoms. The summed E-state index contributed by atoms with van der Waals surface area (Å²) in [5.41, 5.74) is 1.99. The fourth-order valence-electron chi connectivity index (χ4n) is 3.77. The second-order valence-electron chi connectivity index (χ2n) is 7.51. The van der Waals surface area contributed by atoms with E-state index in [-0.39, 0.29) is 17.9 Å². The lowest BCUT2D eigenvalue weighted by molar-refractivity contribution is -0.122. The maximum atomic E-state index is 12.3. The topological polar surface area (TPSA) is 73.9 Å². The zero-order valence-corrected chi connectivity index (χ0v) is 16.8. The van der Waals surface area contributed by atoms with Crippen molar-refractivity contribution in [2.75, 3.05) is 56.2 Å². The van der Waals surface area contributed by atoms with Crippen LogP contribution < -0.4 is 15.5 Å². The number of benzene rings is 1. The lowest BCUT2D eigenvalue weighted by Crippen LogP contribution is -2.48. The third-order valence-corrected chi connectivity index (χ3v) is 5.37. The number of piperidine rings is 1. The van der Waals surface area contributed by atoms with E-state index in [1.165, 1.54) is 0 Å². The molecular weight excluding hydrogens is 356 g/mol. The Morgan fingerprint density at radius 1 is 1.11 bits per heavy atom. The minimum absolute atomic E-state index is 0.0267. The molecule has 1 atom stereocenters. The molecule has 2 fully saturated rings. The molecule has 7 nitrogen and oxygen atoms in total. The number of carbonyl (C=O) groups is 2. The maximum Gasteiger partial charge on any atom is 0.225 e. The Bertz CT molecular complexity index is 644. The van der Waals surface area contributed by atoms with Gasteiger partial charge in [0.25, 0.3) is 0 Å². The highest BCUT2D eigenvalue weighted by atomic mass is 16.5. The quantitative estimate of drug-likeness (QED) is 0.746. The summed E-state index contributed by atoms with van der Waals surface area (Å²) >= 11 is 0. The van der Waals surface area contributed by atoms with Gasteiger partial charge in [0.2, 0.25) is 11.8 Å². The van der Waals surface area contributed by atoms with Gasteiger partial charge in [-0.25, -0.2) is 0 Å². The normalized spacial score (nSPS) is 20.6. The molecule has 0 spiro atoms. The monoisotopic (exact) mass is 388 g/mol. The van der Waals surface area contributed by atoms with E-state index in [4.69, 9.17) is 4.74 Å². The van der Waals surface area contributed by atoms with Gasteiger partial charge in [0, 0.05) is 56.4 Å². The van der Waals surface area contributed by atoms with Gasteiger partial charge in [-0.05, 0) is 43.7 Å². The van der Waals surface area contributed by atoms with E-state index < -0.39 is 0 Å². The van der Waals surface area contributed by atoms with Crippen molar-refractivity contribution in [2.24, 2.45) is 0 Å². The van der Waals surface area contributed by atoms with Gasteiger partial charge in [-0.1, -0.05) is 6.92 Å². The SMILES string of the molecule is CCC(=O)NC1CCCN(CCC(=O)Nc2ccc(N3CCOCC3)cc2)C1. The average molecular weight is 389 g/mol. The molecule has 1 aromatic carbocycles. The number of nitrogens with zero attached hydrogens (tertiary/aromatic N) is 2. The van der Waals surface area contributed by atoms with E-state index >= 15 is 0 Å². The molecule has 0 saturated carbocycles. The molecule has 28 heavy (non-hydrogen) atoms. The van der Waals surface area contributed by atoms with Crippen molar-refractivity contribution in [3.8, 4) is 0 Å². The van der Waals surface area contributed by atoms with Crippen molar-refractivity contribution in [2.45, 2.75) is 38.6 Å². The molecule has 2 N–H and O–H groups in total. The summed E-state index contributed by atoms with van der Waals surface area (Å²) in [7, 11) is 0. The van der Waals surface area contributed by atoms with Crippen LogP contribution in [-0.4, -0.2) is 68.7 Å². The van der Waals surface area contributed by atoms with E-state index in [2.05, 4.69) is 20.4 Å². The number of likely N-dealkylation sites (tertiary alicyclic amines) is 1. The molecule has 2 amide bonds. The molecule has 1 unspecified atom stereocenters. The Morgan fingerprint density at radius 2 is 1.86 bits per heavy atom. The van der Waals surface area contributed by atoms with Crippen LogP contribution in [0.25, 0.3) is 0 Å². The molecule has 0 aromatic heterocycles. The Balaban J connectivity index is 1.40. The van der Waals surface area contributed by atoms with Gasteiger partial charge in [-0.15, -0.1) is 0 Å². The van der Waals surface area contributed by atoms with E-state index in [1.807, 2.05) is 31.2 Å². The molecule has 0 radical (unpaired) electrons. The van der Waals surface area contributed by atoms with Crippen LogP contribution in [0.5, 0.6) is 0 Å². The number of anilines is 2. The van der Waals surface area contributed by atoms with E-state index in [0.717, 1.165) is 70.2 Å². The van der Waals surface area contributed by atoms with Crippen LogP contribution in [0.15, 0.2) is 24.3 Å². The number of hydrogen-bond donors (Lipinski definition) is 2. The third kappa shape index (κ3) is 6.21. The van der Waals surface area contributed by atoms with Crippen LogP contribution in [0, 0.1) is 0 Å². The van der Waals surface area contributed by atoms with Gasteiger partial charge in [-0.3, -0.25) is 9.59 Å². The van der Waals surface area contributed by atoms with Gasteiger partial charge in [-0.2, -0.15) is 0 Å². The predicted octanol–water partition coefficient (Wildman–Crippen LogP) is 1.84. The number of amides is 2. The Hall–Kier alpha value is -2.12. The first-order valence-electron chi connectivity index (χ1n) is 10.4. The average Bonchev–Trinajstić information content (AvgIpc) is 2.73. The van der Waals surface area contributed by atoms with Gasteiger partial charge in [0.1, 0.15) is 0 Å². The fourth-order valence-corrected chi connectivity index (χ4v) is 3.77. The summed E-state index contributed by atoms with van der Waals surface area (Å²) in [6.07, 6.45) is 3.05. The lowest BCUT2D eigenvalue weighted by Gasteiger charge is -2.33. The van der Waals surface area contributed by atoms with Crippen molar-refractivity contribution in [3.05, 3.63) is 24.3 Å². The van der Waals surface area contributed by atoms with Gasteiger partial charge in [0.15, 0.2) is 0 Å². The van der Waals surface area contributed by atoms with Crippen LogP contribution in [0.1, 0.15) is 32.6 Å². The number of ether oxygens (including phenoxy) is 1. The molecule has 2 heterocycles. The Morgan fingerprint density at radius 3 is 2.57 bits per heavy atom. The van der Waals surface area contributed by atoms with Crippen LogP contribution in [0.4, 0.5) is 11.4 Å². The number of morpholine rings is 1. The minimum Gasteiger partial charge on any atom is -0.378 e. The second kappa shape index (κ2) is 10.4. The third-order valence-electron chi connectivity index (χ3n) is 5.37. The van der Waals surface area contributed by atoms with Crippen LogP contribution in [0.3, 0.4) is 0 Å². The van der Waals surface area contributed by atoms with Crippen molar-refractivity contribution in [1.29, 1.82) is 0 Å². The molecule has 2 saturated heterocycles. The Kier molecular flexibility index (Phi) is 7.68. The molecular formula is C21H32N4O3. The maximum absolute atomic E-state index is 12.3. The summed E-state index contributed by atoms with van der Waals surface area (Å²) in [5, 5.41) is 6.05. The molecule has 2 aliphatic rings. The zero-order valence-electron chi connectivity index (χ0n) is 16.8. The van der Waals surface area contributed by atoms with E-state index in [9.17, 15) is 9.59 Å². The first-order valence-corrected chi connectivity index (χ1v) is 10.4. The molecule has 3 rings (SSSR count). The number of rotatable bonds is 7. The highest BCUT2D eigenvalue weighted by Crippen LogP contribution is 2.19. The zero-order chi connectivity index (χ0) is 19.8. The smallest absolute Gasteiger partial charge is 0.225 e. The van der Waals surface area contributed by atoms with Crippen molar-refractivity contribution in [3.63, 3.8) is 0 Å². The fraction of sp³-hybridized carbons (Fsp3) is 0.619. The molecule has 0 aliphatic carbocycles. The predicted molar refractivity (Wildman–Crippen MR) is 111 cm³/mol. The second-order valence-corrected chi connectivity index (χ2v) is 7.51. The summed E-state index contributed by atoms with van der Waals surface area (Å²) < 4.78 is 5.38. The number of nitrogens with one attached hydrogen (secondary N) is 2. The highest BCUT2D eigenvalue weighted by molar-refractivity contribution is 5.91. The van der Waals surface area contributed by atoms with Gasteiger partial charge >= 0.3 is 0 Å². The lowest BCUT2D eigenvalue weighted by atomic mass is 10.1. The first kappa shape index (κ1) is 20.6. The number of carbonyl (C=O) groups excluding carboxylic acids is 2. The van der Waals surface area contributed by atoms with Gasteiger partial charge in [0.05, 0.1) is 13.2 Å². The van der Waals surface area contributed by atoms with Crippen molar-refractivity contribution < 1.29 is 14.3 Å². The molecule has 154 valence electrons. The largest absolute Gasteiger partial charge is 0.378 e. The molecule has 1 aromatic rings. The summed E-state index contributed by atoms with van der Waals surface area (Å²) in [5.74, 6) is 0.129. The minimum atomic E-state index is 0.0267. The first-order chi connectivity index (χ1) is 13.6. The van der Waals surface area contributed by atoms with Crippen LogP contribution in [-0.2, 0) is 14.3 Å². The molecule has 2 aliphatic heterocycles. The van der Waals surface area contributed by atoms with Crippen molar-refractivity contribution in [1.82, 2.24) is 10.2 Å². The summed E-state index contributed by atoms with van der Waals surface area (Å²) in [6.45, 7) is 7.73. The van der Waals surface area contributed by atoms with Crippen LogP contribution >= 0.6 is 0 Å². The number of hydrogen-bond acceptors (Lipinski definition) is 5. The van der Waals surface area contributed by atoms with E-state index in [1.54, 1.807) is 0 Å². The van der Waals surface area contributed by atoms with Gasteiger partial charge < -0.3 is 25.2 Å². The summed E-state index contributed by atoms with van der Waals surface area (Å²) in [6, 6.07) is 8.22.